The molecule has 19 heavy (non-hydrogen) atoms. The summed E-state index contributed by atoms with van der Waals surface area (Å²) in [5.41, 5.74) is 5.71. The van der Waals surface area contributed by atoms with E-state index < -0.39 is 5.82 Å². The molecule has 0 unspecified atom stereocenters. The Hall–Kier alpha value is -1.88. The molecule has 1 heterocycles. The molecule has 1 aliphatic carbocycles. The number of aromatic nitrogens is 2. The third-order valence-corrected chi connectivity index (χ3v) is 3.10. The molecule has 0 spiro atoms. The first-order valence-electron chi connectivity index (χ1n) is 5.89. The van der Waals surface area contributed by atoms with Gasteiger partial charge in [-0.15, -0.1) is 0 Å². The Morgan fingerprint density at radius 2 is 2.05 bits per heavy atom. The maximum absolute atomic E-state index is 13.3. The summed E-state index contributed by atoms with van der Waals surface area (Å²) in [6.07, 6.45) is 2.14. The summed E-state index contributed by atoms with van der Waals surface area (Å²) in [5.74, 6) is 1.50. The van der Waals surface area contributed by atoms with Gasteiger partial charge in [0.2, 0.25) is 5.88 Å². The fourth-order valence-corrected chi connectivity index (χ4v) is 1.82. The second kappa shape index (κ2) is 4.66. The van der Waals surface area contributed by atoms with Crippen molar-refractivity contribution in [2.45, 2.75) is 18.8 Å². The second-order valence-corrected chi connectivity index (χ2v) is 4.85. The molecule has 2 aromatic rings. The molecule has 3 rings (SSSR count). The van der Waals surface area contributed by atoms with Crippen LogP contribution in [0.4, 0.5) is 10.2 Å². The lowest BCUT2D eigenvalue weighted by atomic mass is 10.3. The summed E-state index contributed by atoms with van der Waals surface area (Å²) in [6, 6.07) is 5.72. The molecule has 0 saturated heterocycles. The van der Waals surface area contributed by atoms with Crippen molar-refractivity contribution in [2.24, 2.45) is 0 Å². The first-order chi connectivity index (χ1) is 9.11. The fourth-order valence-electron chi connectivity index (χ4n) is 1.70. The van der Waals surface area contributed by atoms with E-state index in [1.165, 1.54) is 18.2 Å². The zero-order valence-electron chi connectivity index (χ0n) is 9.94. The number of rotatable bonds is 3. The summed E-state index contributed by atoms with van der Waals surface area (Å²) in [7, 11) is 0. The lowest BCUT2D eigenvalue weighted by molar-refractivity contribution is 0.454. The third-order valence-electron chi connectivity index (χ3n) is 2.80. The Bertz CT molecular complexity index is 631. The van der Waals surface area contributed by atoms with Gasteiger partial charge in [0.25, 0.3) is 0 Å². The highest BCUT2D eigenvalue weighted by molar-refractivity contribution is 6.30. The highest BCUT2D eigenvalue weighted by Crippen LogP contribution is 2.39. The number of nitrogens with zero attached hydrogens (tertiary/aromatic N) is 2. The molecule has 0 bridgehead atoms. The van der Waals surface area contributed by atoms with E-state index in [0.29, 0.717) is 29.2 Å². The molecule has 1 aliphatic rings. The molecule has 2 N–H and O–H groups in total. The number of halogens is 2. The van der Waals surface area contributed by atoms with E-state index in [9.17, 15) is 4.39 Å². The largest absolute Gasteiger partial charge is 0.439 e. The smallest absolute Gasteiger partial charge is 0.224 e. The minimum atomic E-state index is -0.538. The normalized spacial score (nSPS) is 14.4. The minimum absolute atomic E-state index is 0.0493. The lowest BCUT2D eigenvalue weighted by Gasteiger charge is -2.07. The van der Waals surface area contributed by atoms with Gasteiger partial charge < -0.3 is 10.5 Å². The molecular formula is C13H11ClFN3O. The van der Waals surface area contributed by atoms with Crippen molar-refractivity contribution in [3.63, 3.8) is 0 Å². The Balaban J connectivity index is 1.87. The van der Waals surface area contributed by atoms with Gasteiger partial charge in [0.05, 0.1) is 5.02 Å². The van der Waals surface area contributed by atoms with Crippen molar-refractivity contribution in [3.8, 4) is 11.6 Å². The van der Waals surface area contributed by atoms with Crippen LogP contribution in [0.5, 0.6) is 11.6 Å². The second-order valence-electron chi connectivity index (χ2n) is 4.44. The molecule has 0 amide bonds. The molecule has 98 valence electrons. The van der Waals surface area contributed by atoms with Crippen LogP contribution < -0.4 is 10.5 Å². The number of hydrogen-bond donors (Lipinski definition) is 1. The number of hydrogen-bond acceptors (Lipinski definition) is 4. The van der Waals surface area contributed by atoms with Crippen LogP contribution in [0.15, 0.2) is 24.3 Å². The van der Waals surface area contributed by atoms with Gasteiger partial charge in [0, 0.05) is 18.1 Å². The van der Waals surface area contributed by atoms with Gasteiger partial charge in [-0.25, -0.2) is 9.37 Å². The van der Waals surface area contributed by atoms with E-state index in [2.05, 4.69) is 9.97 Å². The van der Waals surface area contributed by atoms with E-state index in [0.717, 1.165) is 12.8 Å². The molecule has 6 heteroatoms. The number of ether oxygens (including phenoxy) is 1. The van der Waals surface area contributed by atoms with Crippen molar-refractivity contribution in [3.05, 3.63) is 40.9 Å². The average molecular weight is 280 g/mol. The zero-order chi connectivity index (χ0) is 13.4. The van der Waals surface area contributed by atoms with Gasteiger partial charge in [0.15, 0.2) is 0 Å². The zero-order valence-corrected chi connectivity index (χ0v) is 10.7. The molecule has 0 radical (unpaired) electrons. The van der Waals surface area contributed by atoms with Gasteiger partial charge in [-0.3, -0.25) is 0 Å². The van der Waals surface area contributed by atoms with Crippen molar-refractivity contribution >= 4 is 17.4 Å². The standard InChI is InChI=1S/C13H11ClFN3O/c14-9-4-3-8(5-10(9)15)19-12-6-11(16)17-13(18-12)7-1-2-7/h3-7H,1-2H2,(H2,16,17,18). The molecule has 1 saturated carbocycles. The minimum Gasteiger partial charge on any atom is -0.439 e. The molecule has 0 atom stereocenters. The highest BCUT2D eigenvalue weighted by atomic mass is 35.5. The highest BCUT2D eigenvalue weighted by Gasteiger charge is 2.27. The summed E-state index contributed by atoms with van der Waals surface area (Å²) < 4.78 is 18.8. The first kappa shape index (κ1) is 12.2. The van der Waals surface area contributed by atoms with Crippen LogP contribution in [-0.2, 0) is 0 Å². The van der Waals surface area contributed by atoms with Crippen LogP contribution in [-0.4, -0.2) is 9.97 Å². The number of anilines is 1. The number of benzene rings is 1. The fraction of sp³-hybridized carbons (Fsp3) is 0.231. The first-order valence-corrected chi connectivity index (χ1v) is 6.27. The van der Waals surface area contributed by atoms with Gasteiger partial charge >= 0.3 is 0 Å². The molecular weight excluding hydrogens is 269 g/mol. The van der Waals surface area contributed by atoms with Crippen LogP contribution >= 0.6 is 11.6 Å². The topological polar surface area (TPSA) is 61.0 Å². The monoisotopic (exact) mass is 279 g/mol. The van der Waals surface area contributed by atoms with E-state index >= 15 is 0 Å². The van der Waals surface area contributed by atoms with Gasteiger partial charge in [-0.05, 0) is 25.0 Å². The van der Waals surface area contributed by atoms with Crippen molar-refractivity contribution in [1.82, 2.24) is 9.97 Å². The Labute approximate surface area is 114 Å². The van der Waals surface area contributed by atoms with Crippen LogP contribution in [0.25, 0.3) is 0 Å². The van der Waals surface area contributed by atoms with E-state index in [1.54, 1.807) is 6.07 Å². The molecule has 1 fully saturated rings. The molecule has 0 aliphatic heterocycles. The third kappa shape index (κ3) is 2.76. The number of nitrogen functional groups attached to an aromatic ring is 1. The van der Waals surface area contributed by atoms with Gasteiger partial charge in [-0.1, -0.05) is 11.6 Å². The van der Waals surface area contributed by atoms with E-state index in [1.807, 2.05) is 0 Å². The van der Waals surface area contributed by atoms with Crippen molar-refractivity contribution < 1.29 is 9.13 Å². The molecule has 1 aromatic carbocycles. The van der Waals surface area contributed by atoms with Crippen LogP contribution in [0.2, 0.25) is 5.02 Å². The van der Waals surface area contributed by atoms with Crippen molar-refractivity contribution in [1.29, 1.82) is 0 Å². The SMILES string of the molecule is Nc1cc(Oc2ccc(Cl)c(F)c2)nc(C2CC2)n1. The Morgan fingerprint density at radius 3 is 2.74 bits per heavy atom. The summed E-state index contributed by atoms with van der Waals surface area (Å²) >= 11 is 5.61. The predicted molar refractivity (Wildman–Crippen MR) is 69.9 cm³/mol. The van der Waals surface area contributed by atoms with Crippen LogP contribution in [0.1, 0.15) is 24.6 Å². The Kier molecular flexibility index (Phi) is 2.98. The van der Waals surface area contributed by atoms with Crippen molar-refractivity contribution in [2.75, 3.05) is 5.73 Å². The maximum Gasteiger partial charge on any atom is 0.224 e. The average Bonchev–Trinajstić information content (AvgIpc) is 3.17. The van der Waals surface area contributed by atoms with E-state index in [-0.39, 0.29) is 5.02 Å². The molecule has 4 nitrogen and oxygen atoms in total. The van der Waals surface area contributed by atoms with Crippen LogP contribution in [0.3, 0.4) is 0 Å². The molecule has 1 aromatic heterocycles. The number of nitrogens with two attached hydrogens (primary N) is 1. The summed E-state index contributed by atoms with van der Waals surface area (Å²) in [4.78, 5) is 8.43. The summed E-state index contributed by atoms with van der Waals surface area (Å²) in [6.45, 7) is 0. The van der Waals surface area contributed by atoms with Gasteiger partial charge in [-0.2, -0.15) is 4.98 Å². The van der Waals surface area contributed by atoms with Gasteiger partial charge in [0.1, 0.15) is 23.2 Å². The maximum atomic E-state index is 13.3. The summed E-state index contributed by atoms with van der Waals surface area (Å²) in [5, 5.41) is 0.0493. The van der Waals surface area contributed by atoms with E-state index in [4.69, 9.17) is 22.1 Å². The lowest BCUT2D eigenvalue weighted by Crippen LogP contribution is -2.00. The Morgan fingerprint density at radius 1 is 1.26 bits per heavy atom. The quantitative estimate of drug-likeness (QED) is 0.934. The predicted octanol–water partition coefficient (Wildman–Crippen LogP) is 3.52. The van der Waals surface area contributed by atoms with Crippen LogP contribution in [0, 0.1) is 5.82 Å².